The summed E-state index contributed by atoms with van der Waals surface area (Å²) in [7, 11) is 0. The molecule has 0 saturated carbocycles. The smallest absolute Gasteiger partial charge is 0.218 e. The van der Waals surface area contributed by atoms with E-state index in [9.17, 15) is 0 Å². The zero-order chi connectivity index (χ0) is 15.1. The van der Waals surface area contributed by atoms with Gasteiger partial charge in [-0.3, -0.25) is 0 Å². The lowest BCUT2D eigenvalue weighted by Crippen LogP contribution is -3.00. The average molecular weight is 407 g/mol. The molecule has 0 N–H and O–H groups in total. The molecular weight excluding hydrogens is 381 g/mol. The van der Waals surface area contributed by atoms with Gasteiger partial charge in [-0.2, -0.15) is 4.57 Å². The van der Waals surface area contributed by atoms with E-state index >= 15 is 0 Å². The molecule has 1 aromatic heterocycles. The third-order valence-electron chi connectivity index (χ3n) is 3.86. The second kappa shape index (κ2) is 9.78. The Morgan fingerprint density at radius 1 is 1.05 bits per heavy atom. The van der Waals surface area contributed by atoms with E-state index in [1.54, 1.807) is 0 Å². The topological polar surface area (TPSA) is 3.88 Å². The van der Waals surface area contributed by atoms with E-state index in [0.29, 0.717) is 0 Å². The molecule has 118 valence electrons. The van der Waals surface area contributed by atoms with Gasteiger partial charge in [0.15, 0.2) is 5.70 Å². The second-order valence-electron chi connectivity index (χ2n) is 5.39. The van der Waals surface area contributed by atoms with Gasteiger partial charge < -0.3 is 24.0 Å². The molecule has 0 unspecified atom stereocenters. The van der Waals surface area contributed by atoms with E-state index in [4.69, 9.17) is 0 Å². The molecule has 0 fully saturated rings. The van der Waals surface area contributed by atoms with Gasteiger partial charge in [0.1, 0.15) is 0 Å². The van der Waals surface area contributed by atoms with Crippen molar-refractivity contribution in [3.8, 4) is 0 Å². The van der Waals surface area contributed by atoms with Crippen LogP contribution < -0.4 is 28.5 Å². The number of hydrogen-bond acceptors (Lipinski definition) is 0. The molecule has 2 rings (SSSR count). The molecule has 2 aromatic rings. The summed E-state index contributed by atoms with van der Waals surface area (Å²) in [5.74, 6) is 0. The number of benzene rings is 1. The Labute approximate surface area is 151 Å². The Bertz CT molecular complexity index is 656. The normalized spacial score (nSPS) is 11.9. The number of para-hydroxylation sites is 1. The van der Waals surface area contributed by atoms with Crippen molar-refractivity contribution in [2.75, 3.05) is 0 Å². The van der Waals surface area contributed by atoms with Crippen molar-refractivity contribution in [2.24, 2.45) is 0 Å². The van der Waals surface area contributed by atoms with Crippen LogP contribution in [-0.2, 0) is 0 Å². The summed E-state index contributed by atoms with van der Waals surface area (Å²) < 4.78 is 2.41. The number of pyridine rings is 1. The molecule has 1 heterocycles. The lowest BCUT2D eigenvalue weighted by molar-refractivity contribution is -0.557. The van der Waals surface area contributed by atoms with Gasteiger partial charge in [-0.15, -0.1) is 0 Å². The monoisotopic (exact) mass is 407 g/mol. The molecule has 0 amide bonds. The molecule has 0 atom stereocenters. The maximum atomic E-state index is 2.41. The van der Waals surface area contributed by atoms with Crippen LogP contribution in [0.3, 0.4) is 0 Å². The first-order valence-electron chi connectivity index (χ1n) is 8.03. The molecule has 0 radical (unpaired) electrons. The van der Waals surface area contributed by atoms with Gasteiger partial charge in [0.25, 0.3) is 0 Å². The van der Waals surface area contributed by atoms with Crippen LogP contribution in [0.5, 0.6) is 0 Å². The largest absolute Gasteiger partial charge is 1.00 e. The number of rotatable bonds is 6. The van der Waals surface area contributed by atoms with Crippen LogP contribution in [0, 0.1) is 0 Å². The third kappa shape index (κ3) is 4.42. The van der Waals surface area contributed by atoms with Crippen molar-refractivity contribution in [3.05, 3.63) is 54.2 Å². The van der Waals surface area contributed by atoms with Gasteiger partial charge >= 0.3 is 0 Å². The second-order valence-corrected chi connectivity index (χ2v) is 5.39. The molecule has 22 heavy (non-hydrogen) atoms. The van der Waals surface area contributed by atoms with Crippen LogP contribution in [-0.4, -0.2) is 0 Å². The predicted octanol–water partition coefficient (Wildman–Crippen LogP) is 2.61. The Kier molecular flexibility index (Phi) is 8.39. The molecule has 1 nitrogen and oxygen atoms in total. The molecular formula is C20H26IN. The minimum atomic E-state index is 0. The number of fused-ring (bicyclic) bond motifs is 1. The molecule has 0 saturated heterocycles. The van der Waals surface area contributed by atoms with Gasteiger partial charge in [-0.1, -0.05) is 38.0 Å². The zero-order valence-corrected chi connectivity index (χ0v) is 16.0. The average Bonchev–Trinajstić information content (AvgIpc) is 2.52. The summed E-state index contributed by atoms with van der Waals surface area (Å²) in [6, 6.07) is 13.1. The van der Waals surface area contributed by atoms with Gasteiger partial charge in [-0.05, 0) is 38.5 Å². The molecule has 0 bridgehead atoms. The van der Waals surface area contributed by atoms with Gasteiger partial charge in [0, 0.05) is 30.0 Å². The minimum Gasteiger partial charge on any atom is -1.00 e. The highest BCUT2D eigenvalue weighted by molar-refractivity contribution is 5.77. The Hall–Kier alpha value is -1.16. The lowest BCUT2D eigenvalue weighted by atomic mass is 10.1. The summed E-state index contributed by atoms with van der Waals surface area (Å²) in [6.45, 7) is 6.48. The fourth-order valence-corrected chi connectivity index (χ4v) is 2.78. The molecule has 1 aromatic carbocycles. The van der Waals surface area contributed by atoms with Gasteiger partial charge in [0.2, 0.25) is 11.2 Å². The summed E-state index contributed by atoms with van der Waals surface area (Å²) >= 11 is 0. The van der Waals surface area contributed by atoms with Crippen molar-refractivity contribution < 1.29 is 28.5 Å². The van der Waals surface area contributed by atoms with Crippen LogP contribution >= 0.6 is 0 Å². The third-order valence-corrected chi connectivity index (χ3v) is 3.86. The molecule has 0 aliphatic heterocycles. The number of aromatic nitrogens is 1. The van der Waals surface area contributed by atoms with Gasteiger partial charge in [-0.25, -0.2) is 0 Å². The molecule has 0 aliphatic carbocycles. The maximum absolute atomic E-state index is 2.41. The number of allylic oxidation sites excluding steroid dienone is 3. The van der Waals surface area contributed by atoms with Crippen molar-refractivity contribution in [1.29, 1.82) is 0 Å². The van der Waals surface area contributed by atoms with E-state index in [1.807, 2.05) is 0 Å². The Morgan fingerprint density at radius 2 is 1.82 bits per heavy atom. The standard InChI is InChI=1S/C20H26N.HI/c1-4-7-8-13-18(6-3)21-19(11-5-2)16-15-17-12-9-10-14-20(17)21;/h5-6,9-12,14-16H,4,7-8,13H2,1-3H3;1H/q+1;/p-1. The van der Waals surface area contributed by atoms with Crippen LogP contribution in [0.25, 0.3) is 22.7 Å². The first-order valence-corrected chi connectivity index (χ1v) is 8.03. The maximum Gasteiger partial charge on any atom is 0.218 e. The highest BCUT2D eigenvalue weighted by atomic mass is 127. The van der Waals surface area contributed by atoms with Crippen molar-refractivity contribution in [2.45, 2.75) is 46.5 Å². The number of halogens is 1. The molecule has 0 aliphatic rings. The van der Waals surface area contributed by atoms with E-state index < -0.39 is 0 Å². The first kappa shape index (κ1) is 18.9. The van der Waals surface area contributed by atoms with Crippen LogP contribution in [0.2, 0.25) is 0 Å². The Balaban J connectivity index is 0.00000242. The first-order chi connectivity index (χ1) is 10.3. The summed E-state index contributed by atoms with van der Waals surface area (Å²) in [5, 5.41) is 1.29. The number of hydrogen-bond donors (Lipinski definition) is 0. The number of unbranched alkanes of at least 4 members (excludes halogenated alkanes) is 2. The summed E-state index contributed by atoms with van der Waals surface area (Å²) in [6.07, 6.45) is 11.5. The highest BCUT2D eigenvalue weighted by Gasteiger charge is 2.18. The number of nitrogens with zero attached hydrogens (tertiary/aromatic N) is 1. The van der Waals surface area contributed by atoms with E-state index in [2.05, 4.69) is 80.0 Å². The fourth-order valence-electron chi connectivity index (χ4n) is 2.78. The minimum absolute atomic E-state index is 0. The predicted molar refractivity (Wildman–Crippen MR) is 92.9 cm³/mol. The summed E-state index contributed by atoms with van der Waals surface area (Å²) in [5.41, 5.74) is 3.94. The van der Waals surface area contributed by atoms with E-state index in [0.717, 1.165) is 6.42 Å². The van der Waals surface area contributed by atoms with Crippen LogP contribution in [0.4, 0.5) is 0 Å². The van der Waals surface area contributed by atoms with Crippen LogP contribution in [0.1, 0.15) is 52.1 Å². The van der Waals surface area contributed by atoms with E-state index in [-0.39, 0.29) is 24.0 Å². The Morgan fingerprint density at radius 3 is 2.50 bits per heavy atom. The fraction of sp³-hybridized carbons (Fsp3) is 0.350. The van der Waals surface area contributed by atoms with Crippen molar-refractivity contribution in [3.63, 3.8) is 0 Å². The van der Waals surface area contributed by atoms with Crippen LogP contribution in [0.15, 0.2) is 48.6 Å². The molecule has 0 spiro atoms. The van der Waals surface area contributed by atoms with Crippen molar-refractivity contribution in [1.82, 2.24) is 0 Å². The summed E-state index contributed by atoms with van der Waals surface area (Å²) in [4.78, 5) is 0. The molecule has 2 heteroatoms. The van der Waals surface area contributed by atoms with Crippen molar-refractivity contribution >= 4 is 22.7 Å². The quantitative estimate of drug-likeness (QED) is 0.394. The van der Waals surface area contributed by atoms with E-state index in [1.165, 1.54) is 41.6 Å². The SMILES string of the molecule is CC=Cc1ccc2ccccc2[n+]1C(=CC)CCCCC.[I-]. The lowest BCUT2D eigenvalue weighted by Gasteiger charge is -2.07. The van der Waals surface area contributed by atoms with Gasteiger partial charge in [0.05, 0.1) is 0 Å². The highest BCUT2D eigenvalue weighted by Crippen LogP contribution is 2.17. The zero-order valence-electron chi connectivity index (χ0n) is 13.8.